The van der Waals surface area contributed by atoms with Gasteiger partial charge in [-0.05, 0) is 18.1 Å². The molecule has 1 aromatic rings. The molecule has 54 valence electrons. The van der Waals surface area contributed by atoms with Crippen molar-refractivity contribution in [2.45, 2.75) is 13.3 Å². The molecule has 0 atom stereocenters. The zero-order valence-electron chi connectivity index (χ0n) is 5.80. The molecule has 0 saturated carbocycles. The average Bonchev–Trinajstić information content (AvgIpc) is 2.04. The Morgan fingerprint density at radius 1 is 1.40 bits per heavy atom. The Hall–Kier alpha value is -0.250. The second-order valence-electron chi connectivity index (χ2n) is 2.02. The Labute approximate surface area is 71.1 Å². The van der Waals surface area contributed by atoms with Crippen LogP contribution in [-0.2, 0) is 9.49 Å². The lowest BCUT2D eigenvalue weighted by Crippen LogP contribution is -1.83. The van der Waals surface area contributed by atoms with E-state index in [0.29, 0.717) is 0 Å². The van der Waals surface area contributed by atoms with E-state index in [1.54, 1.807) is 0 Å². The van der Waals surface area contributed by atoms with Gasteiger partial charge in [0.25, 0.3) is 0 Å². The average molecular weight is 248 g/mol. The summed E-state index contributed by atoms with van der Waals surface area (Å²) in [4.78, 5) is 0. The molecule has 0 aliphatic heterocycles. The second kappa shape index (κ2) is 3.81. The minimum atomic E-state index is -0.969. The molecule has 0 aromatic heterocycles. The molecule has 0 unspecified atom stereocenters. The molecule has 10 heavy (non-hydrogen) atoms. The molecule has 0 amide bonds. The maximum atomic E-state index is 10.6. The quantitative estimate of drug-likeness (QED) is 0.735. The van der Waals surface area contributed by atoms with Crippen LogP contribution >= 0.6 is 21.2 Å². The van der Waals surface area contributed by atoms with Gasteiger partial charge in [0.15, 0.2) is 21.2 Å². The van der Waals surface area contributed by atoms with E-state index in [0.717, 1.165) is 9.99 Å². The summed E-state index contributed by atoms with van der Waals surface area (Å²) < 4.78 is 11.7. The van der Waals surface area contributed by atoms with Crippen molar-refractivity contribution >= 4 is 21.2 Å². The van der Waals surface area contributed by atoms with E-state index in [-0.39, 0.29) is 0 Å². The Bertz CT molecular complexity index is 232. The molecular formula is C8H9IO. The molecule has 1 nitrogen and oxygen atoms in total. The molecule has 0 N–H and O–H groups in total. The van der Waals surface area contributed by atoms with Gasteiger partial charge in [0.1, 0.15) is 0 Å². The van der Waals surface area contributed by atoms with Crippen molar-refractivity contribution in [1.82, 2.24) is 0 Å². The smallest absolute Gasteiger partial charge is 0.182 e. The molecular weight excluding hydrogens is 239 g/mol. The first-order valence-electron chi connectivity index (χ1n) is 3.23. The molecule has 2 heteroatoms. The Kier molecular flexibility index (Phi) is 2.99. The van der Waals surface area contributed by atoms with Crippen LogP contribution in [0.4, 0.5) is 0 Å². The summed E-state index contributed by atoms with van der Waals surface area (Å²) in [5.74, 6) is 0. The fourth-order valence-corrected chi connectivity index (χ4v) is 2.06. The molecule has 1 aromatic carbocycles. The molecule has 0 fully saturated rings. The first-order chi connectivity index (χ1) is 4.88. The minimum absolute atomic E-state index is 0.969. The lowest BCUT2D eigenvalue weighted by atomic mass is 10.2. The van der Waals surface area contributed by atoms with E-state index < -0.39 is 21.2 Å². The third kappa shape index (κ3) is 1.62. The molecule has 0 bridgehead atoms. The first kappa shape index (κ1) is 7.85. The van der Waals surface area contributed by atoms with Crippen molar-refractivity contribution < 1.29 is 3.07 Å². The van der Waals surface area contributed by atoms with Crippen molar-refractivity contribution in [3.63, 3.8) is 0 Å². The normalized spacial score (nSPS) is 9.70. The largest absolute Gasteiger partial charge is 0.265 e. The summed E-state index contributed by atoms with van der Waals surface area (Å²) in [6.45, 7) is 2.08. The van der Waals surface area contributed by atoms with Crippen LogP contribution in [0.15, 0.2) is 24.3 Å². The summed E-state index contributed by atoms with van der Waals surface area (Å²) in [5.41, 5.74) is 1.23. The summed E-state index contributed by atoms with van der Waals surface area (Å²) in [7, 11) is 0. The van der Waals surface area contributed by atoms with Crippen molar-refractivity contribution in [3.05, 3.63) is 33.4 Å². The topological polar surface area (TPSA) is 17.1 Å². The summed E-state index contributed by atoms with van der Waals surface area (Å²) in [5, 5.41) is 0. The predicted octanol–water partition coefficient (Wildman–Crippen LogP) is 2.73. The molecule has 0 heterocycles. The molecule has 0 aliphatic carbocycles. The van der Waals surface area contributed by atoms with Gasteiger partial charge in [-0.15, -0.1) is 0 Å². The number of hydrogen-bond donors (Lipinski definition) is 0. The van der Waals surface area contributed by atoms with Gasteiger partial charge in [0.2, 0.25) is 0 Å². The van der Waals surface area contributed by atoms with E-state index >= 15 is 0 Å². The fraction of sp³-hybridized carbons (Fsp3) is 0.250. The van der Waals surface area contributed by atoms with Crippen molar-refractivity contribution in [1.29, 1.82) is 0 Å². The molecule has 0 radical (unpaired) electrons. The monoisotopic (exact) mass is 248 g/mol. The third-order valence-corrected chi connectivity index (χ3v) is 2.95. The summed E-state index contributed by atoms with van der Waals surface area (Å²) in [6, 6.07) is 7.90. The predicted molar refractivity (Wildman–Crippen MR) is 49.2 cm³/mol. The van der Waals surface area contributed by atoms with Gasteiger partial charge in [0.05, 0.1) is 0 Å². The number of aryl methyl sites for hydroxylation is 1. The Balaban J connectivity index is 3.08. The van der Waals surface area contributed by atoms with Gasteiger partial charge < -0.3 is 0 Å². The van der Waals surface area contributed by atoms with Crippen LogP contribution in [0.5, 0.6) is 0 Å². The van der Waals surface area contributed by atoms with Gasteiger partial charge in [0, 0.05) is 3.57 Å². The van der Waals surface area contributed by atoms with Crippen LogP contribution in [0.25, 0.3) is 0 Å². The molecule has 0 aliphatic rings. The van der Waals surface area contributed by atoms with E-state index in [4.69, 9.17) is 0 Å². The van der Waals surface area contributed by atoms with Gasteiger partial charge in [-0.2, -0.15) is 0 Å². The van der Waals surface area contributed by atoms with Crippen LogP contribution in [-0.4, -0.2) is 0 Å². The van der Waals surface area contributed by atoms with Gasteiger partial charge in [-0.25, -0.2) is 0 Å². The van der Waals surface area contributed by atoms with Crippen LogP contribution in [0.1, 0.15) is 12.5 Å². The highest BCUT2D eigenvalue weighted by Crippen LogP contribution is 2.15. The minimum Gasteiger partial charge on any atom is -0.265 e. The van der Waals surface area contributed by atoms with Crippen LogP contribution in [0.3, 0.4) is 0 Å². The maximum Gasteiger partial charge on any atom is 0.182 e. The van der Waals surface area contributed by atoms with Crippen LogP contribution in [0, 0.1) is 3.57 Å². The van der Waals surface area contributed by atoms with Gasteiger partial charge >= 0.3 is 0 Å². The van der Waals surface area contributed by atoms with Crippen molar-refractivity contribution in [2.24, 2.45) is 0 Å². The molecule has 0 saturated heterocycles. The summed E-state index contributed by atoms with van der Waals surface area (Å²) >= 11 is -0.969. The SMILES string of the molecule is CCc1ccccc1I=O. The first-order valence-corrected chi connectivity index (χ1v) is 5.19. The highest BCUT2D eigenvalue weighted by Gasteiger charge is 1.95. The highest BCUT2D eigenvalue weighted by atomic mass is 127. The zero-order valence-corrected chi connectivity index (χ0v) is 7.96. The Morgan fingerprint density at radius 2 is 2.10 bits per heavy atom. The van der Waals surface area contributed by atoms with E-state index in [1.807, 2.05) is 24.3 Å². The number of benzene rings is 1. The molecule has 1 rings (SSSR count). The zero-order chi connectivity index (χ0) is 7.40. The van der Waals surface area contributed by atoms with Crippen molar-refractivity contribution in [3.8, 4) is 0 Å². The third-order valence-electron chi connectivity index (χ3n) is 1.42. The number of rotatable bonds is 2. The fourth-order valence-electron chi connectivity index (χ4n) is 0.860. The number of hydrogen-bond acceptors (Lipinski definition) is 1. The number of halogens is 1. The van der Waals surface area contributed by atoms with Crippen LogP contribution in [0.2, 0.25) is 0 Å². The van der Waals surface area contributed by atoms with Gasteiger partial charge in [-0.3, -0.25) is 3.07 Å². The Morgan fingerprint density at radius 3 is 2.60 bits per heavy atom. The maximum absolute atomic E-state index is 10.6. The van der Waals surface area contributed by atoms with E-state index in [9.17, 15) is 3.07 Å². The standard InChI is InChI=1S/C8H9IO/c1-2-7-5-3-4-6-8(7)9-10/h3-6H,2H2,1H3. The van der Waals surface area contributed by atoms with Gasteiger partial charge in [-0.1, -0.05) is 25.1 Å². The molecule has 0 spiro atoms. The second-order valence-corrected chi connectivity index (χ2v) is 3.62. The van der Waals surface area contributed by atoms with Crippen LogP contribution < -0.4 is 0 Å². The lowest BCUT2D eigenvalue weighted by Gasteiger charge is -1.96. The lowest BCUT2D eigenvalue weighted by molar-refractivity contribution is 0.648. The van der Waals surface area contributed by atoms with E-state index in [2.05, 4.69) is 6.92 Å². The summed E-state index contributed by atoms with van der Waals surface area (Å²) in [6.07, 6.45) is 0.984. The van der Waals surface area contributed by atoms with Crippen molar-refractivity contribution in [2.75, 3.05) is 0 Å². The van der Waals surface area contributed by atoms with E-state index in [1.165, 1.54) is 5.56 Å². The highest BCUT2D eigenvalue weighted by molar-refractivity contribution is 14.1.